The van der Waals surface area contributed by atoms with E-state index in [1.54, 1.807) is 13.8 Å². The van der Waals surface area contributed by atoms with Gasteiger partial charge in [-0.1, -0.05) is 12.1 Å². The number of anilines is 1. The van der Waals surface area contributed by atoms with Gasteiger partial charge in [-0.05, 0) is 44.4 Å². The molecule has 0 unspecified atom stereocenters. The van der Waals surface area contributed by atoms with Gasteiger partial charge in [0.25, 0.3) is 5.91 Å². The van der Waals surface area contributed by atoms with Crippen molar-refractivity contribution in [1.82, 2.24) is 15.1 Å². The Morgan fingerprint density at radius 3 is 2.37 bits per heavy atom. The molecule has 2 rings (SSSR count). The molecule has 0 atom stereocenters. The van der Waals surface area contributed by atoms with E-state index in [-0.39, 0.29) is 0 Å². The summed E-state index contributed by atoms with van der Waals surface area (Å²) in [6.45, 7) is 3.47. The number of amides is 1. The third-order valence-electron chi connectivity index (χ3n) is 4.18. The summed E-state index contributed by atoms with van der Waals surface area (Å²) in [5.41, 5.74) is 0.758. The van der Waals surface area contributed by atoms with Crippen molar-refractivity contribution in [2.45, 2.75) is 38.9 Å². The topological polar surface area (TPSA) is 50.2 Å². The van der Waals surface area contributed by atoms with E-state index >= 15 is 0 Å². The molecule has 2 aromatic rings. The number of carbonyl (C=O) groups is 1. The monoisotopic (exact) mass is 382 g/mol. The number of hydrogen-bond acceptors (Lipinski definition) is 3. The van der Waals surface area contributed by atoms with Gasteiger partial charge in [0.15, 0.2) is 5.69 Å². The summed E-state index contributed by atoms with van der Waals surface area (Å²) in [6.07, 6.45) is -2.29. The summed E-state index contributed by atoms with van der Waals surface area (Å²) >= 11 is 0. The fourth-order valence-electron chi connectivity index (χ4n) is 2.75. The first kappa shape index (κ1) is 20.8. The van der Waals surface area contributed by atoms with E-state index in [1.165, 1.54) is 0 Å². The maximum atomic E-state index is 13.3. The van der Waals surface area contributed by atoms with Crippen LogP contribution in [0.5, 0.6) is 0 Å². The zero-order chi connectivity index (χ0) is 20.2. The smallest absolute Gasteiger partial charge is 0.378 e. The Labute approximate surface area is 157 Å². The molecule has 0 saturated heterocycles. The zero-order valence-electron chi connectivity index (χ0n) is 16.0. The van der Waals surface area contributed by atoms with E-state index in [1.807, 2.05) is 43.3 Å². The Kier molecular flexibility index (Phi) is 6.51. The lowest BCUT2D eigenvalue weighted by Gasteiger charge is -2.15. The minimum atomic E-state index is -4.64. The van der Waals surface area contributed by atoms with E-state index in [2.05, 4.69) is 10.4 Å². The van der Waals surface area contributed by atoms with Gasteiger partial charge in [-0.3, -0.25) is 9.48 Å². The van der Waals surface area contributed by atoms with Crippen molar-refractivity contribution in [3.63, 3.8) is 0 Å². The number of nitrogens with one attached hydrogen (secondary N) is 1. The third kappa shape index (κ3) is 5.24. The quantitative estimate of drug-likeness (QED) is 0.739. The number of alkyl halides is 3. The highest BCUT2D eigenvalue weighted by molar-refractivity contribution is 5.95. The molecular formula is C19H25F3N4O. The van der Waals surface area contributed by atoms with E-state index in [0.717, 1.165) is 28.6 Å². The zero-order valence-corrected chi connectivity index (χ0v) is 16.0. The Morgan fingerprint density at radius 2 is 1.85 bits per heavy atom. The van der Waals surface area contributed by atoms with Crippen molar-refractivity contribution >= 4 is 11.6 Å². The molecule has 1 heterocycles. The van der Waals surface area contributed by atoms with Gasteiger partial charge in [0.2, 0.25) is 0 Å². The molecule has 0 bridgehead atoms. The molecular weight excluding hydrogens is 357 g/mol. The number of carbonyl (C=O) groups excluding carboxylic acids is 1. The van der Waals surface area contributed by atoms with Gasteiger partial charge in [-0.25, -0.2) is 0 Å². The minimum Gasteiger partial charge on any atom is -0.378 e. The summed E-state index contributed by atoms with van der Waals surface area (Å²) in [7, 11) is 3.92. The first-order chi connectivity index (χ1) is 12.6. The van der Waals surface area contributed by atoms with Gasteiger partial charge in [-0.2, -0.15) is 18.3 Å². The van der Waals surface area contributed by atoms with Gasteiger partial charge in [0.05, 0.1) is 11.8 Å². The van der Waals surface area contributed by atoms with E-state index < -0.39 is 29.4 Å². The molecule has 0 saturated carbocycles. The van der Waals surface area contributed by atoms with Crippen molar-refractivity contribution in [2.24, 2.45) is 0 Å². The Bertz CT molecular complexity index is 764. The summed E-state index contributed by atoms with van der Waals surface area (Å²) < 4.78 is 40.8. The van der Waals surface area contributed by atoms with Crippen LogP contribution in [-0.2, 0) is 12.6 Å². The average molecular weight is 382 g/mol. The summed E-state index contributed by atoms with van der Waals surface area (Å²) in [5, 5.41) is 6.30. The van der Waals surface area contributed by atoms with Crippen LogP contribution in [0.4, 0.5) is 18.9 Å². The summed E-state index contributed by atoms with van der Waals surface area (Å²) in [6, 6.07) is 7.53. The number of aromatic nitrogens is 2. The molecule has 0 aliphatic heterocycles. The molecule has 1 aromatic heterocycles. The standard InChI is InChI=1S/C19H25F3N4O/c1-13(2)26-17(19(20,21)22)16(12-24-26)18(27)23-11-5-6-14-7-9-15(10-8-14)25(3)4/h7-10,12-13H,5-6,11H2,1-4H3,(H,23,27). The Hall–Kier alpha value is -2.51. The second-order valence-electron chi connectivity index (χ2n) is 6.86. The fourth-order valence-corrected chi connectivity index (χ4v) is 2.75. The minimum absolute atomic E-state index is 0.290. The largest absolute Gasteiger partial charge is 0.433 e. The van der Waals surface area contributed by atoms with Gasteiger partial charge in [0.1, 0.15) is 0 Å². The third-order valence-corrected chi connectivity index (χ3v) is 4.18. The lowest BCUT2D eigenvalue weighted by atomic mass is 10.1. The van der Waals surface area contributed by atoms with Crippen LogP contribution in [0.2, 0.25) is 0 Å². The van der Waals surface area contributed by atoms with Crippen LogP contribution in [0.25, 0.3) is 0 Å². The molecule has 1 amide bonds. The predicted molar refractivity (Wildman–Crippen MR) is 99.0 cm³/mol. The molecule has 0 aliphatic carbocycles. The molecule has 8 heteroatoms. The number of halogens is 3. The number of nitrogens with zero attached hydrogens (tertiary/aromatic N) is 3. The maximum Gasteiger partial charge on any atom is 0.433 e. The van der Waals surface area contributed by atoms with Crippen molar-refractivity contribution in [1.29, 1.82) is 0 Å². The molecule has 148 valence electrons. The normalized spacial score (nSPS) is 11.7. The van der Waals surface area contributed by atoms with Crippen LogP contribution in [0.3, 0.4) is 0 Å². The van der Waals surface area contributed by atoms with Crippen LogP contribution in [0, 0.1) is 0 Å². The average Bonchev–Trinajstić information content (AvgIpc) is 3.05. The van der Waals surface area contributed by atoms with Crippen LogP contribution < -0.4 is 10.2 Å². The molecule has 0 aliphatic rings. The number of aryl methyl sites for hydroxylation is 1. The van der Waals surface area contributed by atoms with E-state index in [4.69, 9.17) is 0 Å². The second kappa shape index (κ2) is 8.45. The van der Waals surface area contributed by atoms with Crippen LogP contribution >= 0.6 is 0 Å². The van der Waals surface area contributed by atoms with Crippen molar-refractivity contribution in [2.75, 3.05) is 25.5 Å². The molecule has 5 nitrogen and oxygen atoms in total. The Balaban J connectivity index is 1.94. The second-order valence-corrected chi connectivity index (χ2v) is 6.86. The van der Waals surface area contributed by atoms with Crippen LogP contribution in [-0.4, -0.2) is 36.3 Å². The number of hydrogen-bond donors (Lipinski definition) is 1. The van der Waals surface area contributed by atoms with Gasteiger partial charge in [0, 0.05) is 32.4 Å². The van der Waals surface area contributed by atoms with Crippen molar-refractivity contribution in [3.05, 3.63) is 47.3 Å². The predicted octanol–water partition coefficient (Wildman–Crippen LogP) is 3.91. The molecule has 0 radical (unpaired) electrons. The van der Waals surface area contributed by atoms with E-state index in [9.17, 15) is 18.0 Å². The van der Waals surface area contributed by atoms with Crippen LogP contribution in [0.15, 0.2) is 30.5 Å². The molecule has 0 spiro atoms. The van der Waals surface area contributed by atoms with Gasteiger partial charge >= 0.3 is 6.18 Å². The van der Waals surface area contributed by atoms with Crippen LogP contribution in [0.1, 0.15) is 47.9 Å². The maximum absolute atomic E-state index is 13.3. The summed E-state index contributed by atoms with van der Waals surface area (Å²) in [5.74, 6) is -0.753. The first-order valence-electron chi connectivity index (χ1n) is 8.80. The molecule has 0 fully saturated rings. The fraction of sp³-hybridized carbons (Fsp3) is 0.474. The van der Waals surface area contributed by atoms with E-state index in [0.29, 0.717) is 13.0 Å². The van der Waals surface area contributed by atoms with Gasteiger partial charge in [-0.15, -0.1) is 0 Å². The molecule has 1 N–H and O–H groups in total. The SMILES string of the molecule is CC(C)n1ncc(C(=O)NCCCc2ccc(N(C)C)cc2)c1C(F)(F)F. The molecule has 1 aromatic carbocycles. The highest BCUT2D eigenvalue weighted by Crippen LogP contribution is 2.33. The van der Waals surface area contributed by atoms with Gasteiger partial charge < -0.3 is 10.2 Å². The lowest BCUT2D eigenvalue weighted by molar-refractivity contribution is -0.145. The number of rotatable bonds is 7. The van der Waals surface area contributed by atoms with Crippen molar-refractivity contribution in [3.8, 4) is 0 Å². The Morgan fingerprint density at radius 1 is 1.22 bits per heavy atom. The van der Waals surface area contributed by atoms with Crippen molar-refractivity contribution < 1.29 is 18.0 Å². The lowest BCUT2D eigenvalue weighted by Crippen LogP contribution is -2.28. The summed E-state index contributed by atoms with van der Waals surface area (Å²) in [4.78, 5) is 14.2. The highest BCUT2D eigenvalue weighted by atomic mass is 19.4. The number of benzene rings is 1. The highest BCUT2D eigenvalue weighted by Gasteiger charge is 2.40. The molecule has 27 heavy (non-hydrogen) atoms. The first-order valence-corrected chi connectivity index (χ1v) is 8.80.